The van der Waals surface area contributed by atoms with Crippen molar-refractivity contribution >= 4 is 16.0 Å². The Balaban J connectivity index is 1.83. The van der Waals surface area contributed by atoms with Crippen LogP contribution in [0.3, 0.4) is 0 Å². The molecule has 0 bridgehead atoms. The van der Waals surface area contributed by atoms with Crippen LogP contribution in [0, 0.1) is 0 Å². The van der Waals surface area contributed by atoms with Crippen LogP contribution in [0.1, 0.15) is 37.7 Å². The fraction of sp³-hybridized carbons (Fsp3) is 0.588. The quantitative estimate of drug-likeness (QED) is 0.407. The minimum atomic E-state index is -5.71. The summed E-state index contributed by atoms with van der Waals surface area (Å²) in [6.45, 7) is 5.35. The molecule has 1 atom stereocenters. The second-order valence-electron chi connectivity index (χ2n) is 6.47. The highest BCUT2D eigenvalue weighted by molar-refractivity contribution is 7.88. The maximum absolute atomic E-state index is 12.3. The average Bonchev–Trinajstić information content (AvgIpc) is 3.10. The van der Waals surface area contributed by atoms with E-state index in [-0.39, 0.29) is 5.91 Å². The molecule has 1 saturated heterocycles. The number of nitrogens with one attached hydrogen (secondary N) is 1. The summed E-state index contributed by atoms with van der Waals surface area (Å²) in [6.07, 6.45) is 3.28. The van der Waals surface area contributed by atoms with Gasteiger partial charge >= 0.3 is 15.6 Å². The van der Waals surface area contributed by atoms with Crippen molar-refractivity contribution < 1.29 is 30.6 Å². The van der Waals surface area contributed by atoms with E-state index in [1.165, 1.54) is 25.0 Å². The molecule has 0 spiro atoms. The monoisotopic (exact) mass is 408 g/mol. The first-order valence-electron chi connectivity index (χ1n) is 8.71. The fourth-order valence-electron chi connectivity index (χ4n) is 2.81. The molecule has 6 nitrogen and oxygen atoms in total. The number of benzene rings is 1. The van der Waals surface area contributed by atoms with Crippen LogP contribution in [0.5, 0.6) is 5.75 Å². The minimum Gasteiger partial charge on any atom is -0.376 e. The van der Waals surface area contributed by atoms with Gasteiger partial charge in [-0.15, -0.1) is 0 Å². The summed E-state index contributed by atoms with van der Waals surface area (Å²) >= 11 is 0. The first-order valence-corrected chi connectivity index (χ1v) is 10.1. The van der Waals surface area contributed by atoms with Gasteiger partial charge in [0.1, 0.15) is 5.75 Å². The molecule has 1 heterocycles. The Morgan fingerprint density at radius 1 is 1.22 bits per heavy atom. The fourth-order valence-corrected chi connectivity index (χ4v) is 3.27. The second-order valence-corrected chi connectivity index (χ2v) is 8.01. The van der Waals surface area contributed by atoms with Gasteiger partial charge in [0.2, 0.25) is 5.91 Å². The van der Waals surface area contributed by atoms with Crippen molar-refractivity contribution in [2.24, 2.45) is 0 Å². The Morgan fingerprint density at radius 3 is 2.37 bits per heavy atom. The van der Waals surface area contributed by atoms with Gasteiger partial charge in [-0.05, 0) is 63.5 Å². The van der Waals surface area contributed by atoms with Crippen LogP contribution in [-0.2, 0) is 14.9 Å². The molecule has 1 aliphatic rings. The van der Waals surface area contributed by atoms with Crippen LogP contribution >= 0.6 is 0 Å². The van der Waals surface area contributed by atoms with Gasteiger partial charge in [-0.2, -0.15) is 21.6 Å². The number of hydrogen-bond acceptors (Lipinski definition) is 5. The van der Waals surface area contributed by atoms with E-state index in [4.69, 9.17) is 0 Å². The van der Waals surface area contributed by atoms with Crippen molar-refractivity contribution in [3.05, 3.63) is 29.8 Å². The van der Waals surface area contributed by atoms with Gasteiger partial charge in [0.25, 0.3) is 0 Å². The van der Waals surface area contributed by atoms with Crippen molar-refractivity contribution in [2.45, 2.75) is 37.6 Å². The lowest BCUT2D eigenvalue weighted by Gasteiger charge is -2.16. The average molecular weight is 408 g/mol. The van der Waals surface area contributed by atoms with Gasteiger partial charge in [0.05, 0.1) is 5.92 Å². The molecule has 0 saturated carbocycles. The highest BCUT2D eigenvalue weighted by atomic mass is 32.2. The third-order valence-corrected chi connectivity index (χ3v) is 5.39. The zero-order chi connectivity index (χ0) is 20.1. The Bertz CT molecular complexity index is 730. The molecule has 1 aromatic rings. The Labute approximate surface area is 156 Å². The molecule has 1 aliphatic heterocycles. The summed E-state index contributed by atoms with van der Waals surface area (Å²) in [5, 5.41) is 2.84. The zero-order valence-corrected chi connectivity index (χ0v) is 15.8. The van der Waals surface area contributed by atoms with Crippen LogP contribution < -0.4 is 9.50 Å². The molecule has 0 radical (unpaired) electrons. The van der Waals surface area contributed by atoms with Gasteiger partial charge in [-0.1, -0.05) is 12.1 Å². The number of likely N-dealkylation sites (tertiary alicyclic amines) is 1. The summed E-state index contributed by atoms with van der Waals surface area (Å²) in [7, 11) is -5.71. The van der Waals surface area contributed by atoms with Crippen molar-refractivity contribution in [3.63, 3.8) is 0 Å². The predicted molar refractivity (Wildman–Crippen MR) is 93.8 cm³/mol. The Hall–Kier alpha value is -1.81. The van der Waals surface area contributed by atoms with Crippen molar-refractivity contribution in [2.75, 3.05) is 26.2 Å². The van der Waals surface area contributed by atoms with Gasteiger partial charge in [-0.3, -0.25) is 4.79 Å². The van der Waals surface area contributed by atoms with Gasteiger partial charge in [-0.25, -0.2) is 0 Å². The van der Waals surface area contributed by atoms with Crippen LogP contribution in [-0.4, -0.2) is 50.9 Å². The third kappa shape index (κ3) is 6.10. The summed E-state index contributed by atoms with van der Waals surface area (Å²) in [6, 6.07) is 4.93. The largest absolute Gasteiger partial charge is 0.534 e. The summed E-state index contributed by atoms with van der Waals surface area (Å²) in [5.41, 5.74) is -4.95. The van der Waals surface area contributed by atoms with Crippen molar-refractivity contribution in [3.8, 4) is 5.75 Å². The molecule has 0 aromatic heterocycles. The number of alkyl halides is 3. The second kappa shape index (κ2) is 8.92. The van der Waals surface area contributed by atoms with Crippen LogP contribution in [0.4, 0.5) is 13.2 Å². The maximum Gasteiger partial charge on any atom is 0.534 e. The maximum atomic E-state index is 12.3. The van der Waals surface area contributed by atoms with E-state index >= 15 is 0 Å². The number of halogens is 3. The molecule has 1 aromatic carbocycles. The molecule has 1 fully saturated rings. The zero-order valence-electron chi connectivity index (χ0n) is 15.0. The number of nitrogens with zero attached hydrogens (tertiary/aromatic N) is 1. The lowest BCUT2D eigenvalue weighted by atomic mass is 10.0. The number of rotatable bonds is 8. The summed E-state index contributed by atoms with van der Waals surface area (Å²) < 4.78 is 62.9. The first kappa shape index (κ1) is 21.5. The minimum absolute atomic E-state index is 0.201. The predicted octanol–water partition coefficient (Wildman–Crippen LogP) is 2.62. The molecule has 10 heteroatoms. The lowest BCUT2D eigenvalue weighted by molar-refractivity contribution is -0.122. The van der Waals surface area contributed by atoms with E-state index in [9.17, 15) is 26.4 Å². The number of carbonyl (C=O) groups is 1. The molecule has 1 N–H and O–H groups in total. The summed E-state index contributed by atoms with van der Waals surface area (Å²) in [4.78, 5) is 14.5. The van der Waals surface area contributed by atoms with E-state index in [2.05, 4.69) is 14.4 Å². The summed E-state index contributed by atoms with van der Waals surface area (Å²) in [5.74, 6) is -1.19. The molecule has 0 aliphatic carbocycles. The number of hydrogen-bond donors (Lipinski definition) is 1. The topological polar surface area (TPSA) is 75.7 Å². The first-order chi connectivity index (χ1) is 12.6. The Morgan fingerprint density at radius 2 is 1.81 bits per heavy atom. The van der Waals surface area contributed by atoms with E-state index in [1.54, 1.807) is 6.92 Å². The standard InChI is InChI=1S/C17H23F3N2O4S/c1-13(16(23)21-9-4-12-22-10-2-3-11-22)14-5-7-15(8-6-14)26-27(24,25)17(18,19)20/h5-8,13H,2-4,9-12H2,1H3,(H,21,23)/t13-/m0/s1. The normalized spacial score (nSPS) is 16.9. The number of amides is 1. The van der Waals surface area contributed by atoms with E-state index in [0.29, 0.717) is 12.1 Å². The van der Waals surface area contributed by atoms with Crippen LogP contribution in [0.15, 0.2) is 24.3 Å². The van der Waals surface area contributed by atoms with E-state index in [1.807, 2.05) is 0 Å². The van der Waals surface area contributed by atoms with Gasteiger partial charge in [0, 0.05) is 6.54 Å². The van der Waals surface area contributed by atoms with Crippen LogP contribution in [0.2, 0.25) is 0 Å². The number of carbonyl (C=O) groups excluding carboxylic acids is 1. The third-order valence-electron chi connectivity index (χ3n) is 4.41. The van der Waals surface area contributed by atoms with E-state index < -0.39 is 27.3 Å². The van der Waals surface area contributed by atoms with Crippen LogP contribution in [0.25, 0.3) is 0 Å². The Kier molecular flexibility index (Phi) is 7.10. The van der Waals surface area contributed by atoms with Gasteiger partial charge in [0.15, 0.2) is 0 Å². The molecule has 152 valence electrons. The van der Waals surface area contributed by atoms with E-state index in [0.717, 1.165) is 38.2 Å². The highest BCUT2D eigenvalue weighted by Crippen LogP contribution is 2.27. The lowest BCUT2D eigenvalue weighted by Crippen LogP contribution is -2.31. The SMILES string of the molecule is C[C@H](C(=O)NCCCN1CCCC1)c1ccc(OS(=O)(=O)C(F)(F)F)cc1. The van der Waals surface area contributed by atoms with Crippen molar-refractivity contribution in [1.29, 1.82) is 0 Å². The smallest absolute Gasteiger partial charge is 0.376 e. The molecule has 0 unspecified atom stereocenters. The molecule has 2 rings (SSSR count). The van der Waals surface area contributed by atoms with Gasteiger partial charge < -0.3 is 14.4 Å². The molecule has 1 amide bonds. The van der Waals surface area contributed by atoms with Crippen molar-refractivity contribution in [1.82, 2.24) is 10.2 Å². The molecular formula is C17H23F3N2O4S. The molecular weight excluding hydrogens is 385 g/mol. The highest BCUT2D eigenvalue weighted by Gasteiger charge is 2.48. The molecule has 27 heavy (non-hydrogen) atoms.